The Balaban J connectivity index is 0.000000292. The van der Waals surface area contributed by atoms with Gasteiger partial charge >= 0.3 is 5.97 Å². The van der Waals surface area contributed by atoms with Gasteiger partial charge in [0, 0.05) is 6.42 Å². The largest absolute Gasteiger partial charge is 0.494 e. The van der Waals surface area contributed by atoms with Gasteiger partial charge in [-0.05, 0) is 19.1 Å². The molecule has 0 fully saturated rings. The van der Waals surface area contributed by atoms with E-state index in [2.05, 4.69) is 0 Å². The topological polar surface area (TPSA) is 46.5 Å². The van der Waals surface area contributed by atoms with Crippen LogP contribution in [0.25, 0.3) is 0 Å². The van der Waals surface area contributed by atoms with Gasteiger partial charge in [-0.1, -0.05) is 25.1 Å². The number of carboxylic acids is 1. The van der Waals surface area contributed by atoms with Gasteiger partial charge in [0.1, 0.15) is 5.75 Å². The van der Waals surface area contributed by atoms with E-state index in [0.29, 0.717) is 0 Å². The van der Waals surface area contributed by atoms with Crippen LogP contribution in [0.5, 0.6) is 5.75 Å². The Bertz CT molecular complexity index is 244. The number of rotatable bonds is 3. The van der Waals surface area contributed by atoms with Gasteiger partial charge < -0.3 is 9.84 Å². The molecule has 0 unspecified atom stereocenters. The molecular formula is C11H16O3. The van der Waals surface area contributed by atoms with E-state index in [1.54, 1.807) is 6.92 Å². The van der Waals surface area contributed by atoms with Crippen molar-refractivity contribution in [3.63, 3.8) is 0 Å². The van der Waals surface area contributed by atoms with E-state index >= 15 is 0 Å². The number of hydrogen-bond acceptors (Lipinski definition) is 2. The number of para-hydroxylation sites is 1. The van der Waals surface area contributed by atoms with Crippen molar-refractivity contribution in [1.29, 1.82) is 0 Å². The van der Waals surface area contributed by atoms with Crippen molar-refractivity contribution in [1.82, 2.24) is 0 Å². The predicted octanol–water partition coefficient (Wildman–Crippen LogP) is 2.57. The maximum absolute atomic E-state index is 9.37. The smallest absolute Gasteiger partial charge is 0.303 e. The summed E-state index contributed by atoms with van der Waals surface area (Å²) in [6.45, 7) is 4.32. The predicted molar refractivity (Wildman–Crippen MR) is 55.5 cm³/mol. The number of aliphatic carboxylic acids is 1. The summed E-state index contributed by atoms with van der Waals surface area (Å²) in [4.78, 5) is 9.37. The Morgan fingerprint density at radius 3 is 2.14 bits per heavy atom. The molecular weight excluding hydrogens is 180 g/mol. The normalized spacial score (nSPS) is 8.43. The third kappa shape index (κ3) is 7.16. The molecule has 1 N–H and O–H groups in total. The molecule has 1 aromatic rings. The molecule has 78 valence electrons. The van der Waals surface area contributed by atoms with Crippen LogP contribution < -0.4 is 4.74 Å². The fourth-order valence-electron chi connectivity index (χ4n) is 0.683. The summed E-state index contributed by atoms with van der Waals surface area (Å²) in [5, 5.41) is 7.72. The third-order valence-corrected chi connectivity index (χ3v) is 1.36. The molecule has 1 aromatic carbocycles. The van der Waals surface area contributed by atoms with E-state index in [-0.39, 0.29) is 6.42 Å². The number of carbonyl (C=O) groups is 1. The van der Waals surface area contributed by atoms with Gasteiger partial charge in [-0.2, -0.15) is 0 Å². The second-order valence-corrected chi connectivity index (χ2v) is 2.49. The van der Waals surface area contributed by atoms with Crippen molar-refractivity contribution in [2.75, 3.05) is 6.61 Å². The van der Waals surface area contributed by atoms with E-state index in [9.17, 15) is 4.79 Å². The van der Waals surface area contributed by atoms with Crippen LogP contribution in [-0.2, 0) is 4.79 Å². The quantitative estimate of drug-likeness (QED) is 0.808. The van der Waals surface area contributed by atoms with Crippen LogP contribution in [0.2, 0.25) is 0 Å². The van der Waals surface area contributed by atoms with Gasteiger partial charge in [-0.15, -0.1) is 0 Å². The molecule has 0 saturated carbocycles. The first-order valence-electron chi connectivity index (χ1n) is 4.60. The maximum atomic E-state index is 9.37. The Morgan fingerprint density at radius 1 is 1.29 bits per heavy atom. The molecule has 0 bridgehead atoms. The highest BCUT2D eigenvalue weighted by molar-refractivity contribution is 5.66. The Labute approximate surface area is 84.3 Å². The number of carboxylic acid groups (broad SMARTS) is 1. The van der Waals surface area contributed by atoms with Crippen LogP contribution in [0.3, 0.4) is 0 Å². The van der Waals surface area contributed by atoms with Crippen LogP contribution in [0.1, 0.15) is 20.3 Å². The average Bonchev–Trinajstić information content (AvgIpc) is 2.21. The van der Waals surface area contributed by atoms with Gasteiger partial charge in [0.05, 0.1) is 6.61 Å². The first kappa shape index (κ1) is 12.5. The molecule has 0 radical (unpaired) electrons. The summed E-state index contributed by atoms with van der Waals surface area (Å²) in [5.74, 6) is 0.199. The first-order chi connectivity index (χ1) is 6.70. The summed E-state index contributed by atoms with van der Waals surface area (Å²) < 4.78 is 5.21. The van der Waals surface area contributed by atoms with E-state index in [0.717, 1.165) is 12.4 Å². The zero-order valence-corrected chi connectivity index (χ0v) is 8.56. The average molecular weight is 196 g/mol. The van der Waals surface area contributed by atoms with Gasteiger partial charge in [0.15, 0.2) is 0 Å². The van der Waals surface area contributed by atoms with Crippen molar-refractivity contribution >= 4 is 5.97 Å². The van der Waals surface area contributed by atoms with Gasteiger partial charge in [0.25, 0.3) is 0 Å². The minimum atomic E-state index is -0.745. The standard InChI is InChI=1S/C8H10O.C3H6O2/c1-2-9-8-6-4-3-5-7-8;1-2-3(4)5/h3-7H,2H2,1H3;2H2,1H3,(H,4,5). The van der Waals surface area contributed by atoms with Crippen LogP contribution in [0.4, 0.5) is 0 Å². The Kier molecular flexibility index (Phi) is 7.23. The SMILES string of the molecule is CCC(=O)O.CCOc1ccccc1. The zero-order chi connectivity index (χ0) is 10.8. The molecule has 0 aliphatic rings. The highest BCUT2D eigenvalue weighted by Gasteiger charge is 1.83. The molecule has 0 saturated heterocycles. The van der Waals surface area contributed by atoms with Crippen LogP contribution in [0.15, 0.2) is 30.3 Å². The van der Waals surface area contributed by atoms with Crippen molar-refractivity contribution in [2.45, 2.75) is 20.3 Å². The van der Waals surface area contributed by atoms with E-state index < -0.39 is 5.97 Å². The van der Waals surface area contributed by atoms with E-state index in [1.165, 1.54) is 0 Å². The van der Waals surface area contributed by atoms with Gasteiger partial charge in [-0.25, -0.2) is 0 Å². The maximum Gasteiger partial charge on any atom is 0.303 e. The Hall–Kier alpha value is -1.51. The monoisotopic (exact) mass is 196 g/mol. The number of ether oxygens (including phenoxy) is 1. The molecule has 0 atom stereocenters. The molecule has 0 heterocycles. The van der Waals surface area contributed by atoms with Crippen LogP contribution >= 0.6 is 0 Å². The van der Waals surface area contributed by atoms with Crippen molar-refractivity contribution < 1.29 is 14.6 Å². The third-order valence-electron chi connectivity index (χ3n) is 1.36. The number of hydrogen-bond donors (Lipinski definition) is 1. The molecule has 0 aromatic heterocycles. The van der Waals surface area contributed by atoms with E-state index in [1.807, 2.05) is 37.3 Å². The first-order valence-corrected chi connectivity index (χ1v) is 4.60. The summed E-state index contributed by atoms with van der Waals surface area (Å²) in [5.41, 5.74) is 0. The summed E-state index contributed by atoms with van der Waals surface area (Å²) in [7, 11) is 0. The summed E-state index contributed by atoms with van der Waals surface area (Å²) in [6, 6.07) is 9.80. The summed E-state index contributed by atoms with van der Waals surface area (Å²) in [6.07, 6.45) is 0.222. The van der Waals surface area contributed by atoms with E-state index in [4.69, 9.17) is 9.84 Å². The second kappa shape index (κ2) is 8.10. The summed E-state index contributed by atoms with van der Waals surface area (Å²) >= 11 is 0. The van der Waals surface area contributed by atoms with Crippen molar-refractivity contribution in [3.05, 3.63) is 30.3 Å². The molecule has 0 amide bonds. The zero-order valence-electron chi connectivity index (χ0n) is 8.56. The van der Waals surface area contributed by atoms with Crippen molar-refractivity contribution in [3.8, 4) is 5.75 Å². The lowest BCUT2D eigenvalue weighted by Gasteiger charge is -1.99. The minimum absolute atomic E-state index is 0.222. The molecule has 0 aliphatic heterocycles. The van der Waals surface area contributed by atoms with Gasteiger partial charge in [-0.3, -0.25) is 4.79 Å². The second-order valence-electron chi connectivity index (χ2n) is 2.49. The molecule has 1 rings (SSSR count). The number of benzene rings is 1. The lowest BCUT2D eigenvalue weighted by atomic mass is 10.3. The molecule has 0 spiro atoms. The highest BCUT2D eigenvalue weighted by atomic mass is 16.5. The van der Waals surface area contributed by atoms with Crippen LogP contribution in [-0.4, -0.2) is 17.7 Å². The molecule has 14 heavy (non-hydrogen) atoms. The minimum Gasteiger partial charge on any atom is -0.494 e. The lowest BCUT2D eigenvalue weighted by Crippen LogP contribution is -1.89. The fraction of sp³-hybridized carbons (Fsp3) is 0.364. The molecule has 0 aliphatic carbocycles. The van der Waals surface area contributed by atoms with Crippen molar-refractivity contribution in [2.24, 2.45) is 0 Å². The lowest BCUT2D eigenvalue weighted by molar-refractivity contribution is -0.136. The molecule has 3 nitrogen and oxygen atoms in total. The van der Waals surface area contributed by atoms with Gasteiger partial charge in [0.2, 0.25) is 0 Å². The molecule has 3 heteroatoms. The fourth-order valence-corrected chi connectivity index (χ4v) is 0.683. The Morgan fingerprint density at radius 2 is 1.79 bits per heavy atom. The van der Waals surface area contributed by atoms with Crippen LogP contribution in [0, 0.1) is 0 Å². The highest BCUT2D eigenvalue weighted by Crippen LogP contribution is 2.06.